The Balaban J connectivity index is 4.76. The molecule has 6 heteroatoms. The van der Waals surface area contributed by atoms with Gasteiger partial charge in [-0.05, 0) is 38.2 Å². The highest BCUT2D eigenvalue weighted by atomic mass is 16.5. The molecule has 0 aromatic heterocycles. The van der Waals surface area contributed by atoms with Gasteiger partial charge in [-0.1, -0.05) is 44.1 Å². The van der Waals surface area contributed by atoms with Crippen LogP contribution in [0.2, 0.25) is 0 Å². The van der Waals surface area contributed by atoms with E-state index in [0.29, 0.717) is 24.8 Å². The van der Waals surface area contributed by atoms with E-state index in [1.54, 1.807) is 18.2 Å². The van der Waals surface area contributed by atoms with Crippen LogP contribution in [-0.4, -0.2) is 38.2 Å². The van der Waals surface area contributed by atoms with Gasteiger partial charge in [0.15, 0.2) is 0 Å². The van der Waals surface area contributed by atoms with E-state index in [9.17, 15) is 14.4 Å². The zero-order valence-corrected chi connectivity index (χ0v) is 17.6. The minimum atomic E-state index is -0.404. The molecule has 0 aliphatic rings. The van der Waals surface area contributed by atoms with Crippen LogP contribution in [0, 0.1) is 0 Å². The van der Waals surface area contributed by atoms with Gasteiger partial charge in [0.1, 0.15) is 6.10 Å². The van der Waals surface area contributed by atoms with Crippen LogP contribution in [0.25, 0.3) is 0 Å². The van der Waals surface area contributed by atoms with Crippen molar-refractivity contribution in [2.24, 2.45) is 0 Å². The largest absolute Gasteiger partial charge is 0.469 e. The summed E-state index contributed by atoms with van der Waals surface area (Å²) in [6.07, 6.45) is 14.8. The first-order chi connectivity index (χ1) is 13.4. The number of esters is 3. The predicted molar refractivity (Wildman–Crippen MR) is 109 cm³/mol. The van der Waals surface area contributed by atoms with Crippen LogP contribution in [-0.2, 0) is 28.6 Å². The summed E-state index contributed by atoms with van der Waals surface area (Å²) in [5, 5.41) is 0. The molecule has 0 aromatic carbocycles. The number of hydrogen-bond donors (Lipinski definition) is 0. The van der Waals surface area contributed by atoms with E-state index >= 15 is 0 Å². The summed E-state index contributed by atoms with van der Waals surface area (Å²) in [6, 6.07) is 0. The molecule has 0 saturated carbocycles. The first-order valence-electron chi connectivity index (χ1n) is 9.79. The Labute approximate surface area is 168 Å². The third-order valence-electron chi connectivity index (χ3n) is 3.96. The van der Waals surface area contributed by atoms with E-state index in [-0.39, 0.29) is 18.0 Å². The second-order valence-electron chi connectivity index (χ2n) is 6.36. The molecule has 0 aliphatic heterocycles. The first kappa shape index (κ1) is 25.6. The molecule has 0 spiro atoms. The molecule has 0 heterocycles. The van der Waals surface area contributed by atoms with Crippen molar-refractivity contribution in [3.05, 3.63) is 36.0 Å². The van der Waals surface area contributed by atoms with Gasteiger partial charge in [-0.2, -0.15) is 0 Å². The van der Waals surface area contributed by atoms with Crippen LogP contribution in [0.1, 0.15) is 65.2 Å². The van der Waals surface area contributed by atoms with E-state index in [2.05, 4.69) is 11.7 Å². The molecule has 0 rings (SSSR count). The van der Waals surface area contributed by atoms with E-state index in [1.807, 2.05) is 12.2 Å². The maximum Gasteiger partial charge on any atom is 0.334 e. The Morgan fingerprint density at radius 1 is 1.00 bits per heavy atom. The van der Waals surface area contributed by atoms with Gasteiger partial charge in [-0.25, -0.2) is 4.79 Å². The molecule has 0 radical (unpaired) electrons. The lowest BCUT2D eigenvalue weighted by molar-refractivity contribution is -0.144. The van der Waals surface area contributed by atoms with E-state index in [0.717, 1.165) is 32.1 Å². The smallest absolute Gasteiger partial charge is 0.334 e. The molecule has 28 heavy (non-hydrogen) atoms. The summed E-state index contributed by atoms with van der Waals surface area (Å²) in [6.45, 7) is 3.51. The van der Waals surface area contributed by atoms with Crippen LogP contribution >= 0.6 is 0 Å². The van der Waals surface area contributed by atoms with Crippen molar-refractivity contribution in [1.82, 2.24) is 0 Å². The van der Waals surface area contributed by atoms with Crippen molar-refractivity contribution in [1.29, 1.82) is 0 Å². The van der Waals surface area contributed by atoms with Gasteiger partial charge in [0.05, 0.1) is 14.2 Å². The molecule has 0 aliphatic carbocycles. The van der Waals surface area contributed by atoms with Crippen LogP contribution in [0.4, 0.5) is 0 Å². The minimum absolute atomic E-state index is 0.227. The fraction of sp³-hybridized carbons (Fsp3) is 0.591. The van der Waals surface area contributed by atoms with Crippen molar-refractivity contribution < 1.29 is 28.6 Å². The van der Waals surface area contributed by atoms with Crippen molar-refractivity contribution in [2.75, 3.05) is 14.2 Å². The van der Waals surface area contributed by atoms with Gasteiger partial charge in [-0.3, -0.25) is 9.59 Å². The first-order valence-corrected chi connectivity index (χ1v) is 9.79. The van der Waals surface area contributed by atoms with Gasteiger partial charge in [0.2, 0.25) is 0 Å². The van der Waals surface area contributed by atoms with Gasteiger partial charge in [-0.15, -0.1) is 0 Å². The number of hydrogen-bond acceptors (Lipinski definition) is 6. The maximum atomic E-state index is 11.9. The van der Waals surface area contributed by atoms with Crippen LogP contribution in [0.5, 0.6) is 0 Å². The molecular formula is C22H34O6. The average Bonchev–Trinajstić information content (AvgIpc) is 2.67. The van der Waals surface area contributed by atoms with Crippen LogP contribution in [0.3, 0.4) is 0 Å². The van der Waals surface area contributed by atoms with Gasteiger partial charge in [0, 0.05) is 18.9 Å². The highest BCUT2D eigenvalue weighted by Crippen LogP contribution is 2.11. The summed E-state index contributed by atoms with van der Waals surface area (Å²) in [5.41, 5.74) is 0.498. The van der Waals surface area contributed by atoms with Crippen molar-refractivity contribution in [3.8, 4) is 0 Å². The fourth-order valence-corrected chi connectivity index (χ4v) is 2.44. The van der Waals surface area contributed by atoms with Crippen molar-refractivity contribution in [3.63, 3.8) is 0 Å². The molecular weight excluding hydrogens is 360 g/mol. The van der Waals surface area contributed by atoms with Gasteiger partial charge < -0.3 is 14.2 Å². The topological polar surface area (TPSA) is 78.9 Å². The third-order valence-corrected chi connectivity index (χ3v) is 3.96. The Kier molecular flexibility index (Phi) is 15.4. The van der Waals surface area contributed by atoms with Crippen molar-refractivity contribution >= 4 is 17.9 Å². The summed E-state index contributed by atoms with van der Waals surface area (Å²) >= 11 is 0. The quantitative estimate of drug-likeness (QED) is 0.108. The Hall–Kier alpha value is -2.37. The second-order valence-corrected chi connectivity index (χ2v) is 6.36. The molecule has 158 valence electrons. The summed E-state index contributed by atoms with van der Waals surface area (Å²) in [7, 11) is 2.71. The Morgan fingerprint density at radius 2 is 1.75 bits per heavy atom. The average molecular weight is 395 g/mol. The maximum absolute atomic E-state index is 11.9. The number of allylic oxidation sites excluding steroid dienone is 4. The summed E-state index contributed by atoms with van der Waals surface area (Å²) in [5.74, 6) is -0.952. The molecule has 6 nitrogen and oxygen atoms in total. The van der Waals surface area contributed by atoms with Gasteiger partial charge in [0.25, 0.3) is 0 Å². The molecule has 0 amide bonds. The monoisotopic (exact) mass is 394 g/mol. The van der Waals surface area contributed by atoms with Crippen molar-refractivity contribution in [2.45, 2.75) is 71.3 Å². The molecule has 0 aromatic rings. The summed E-state index contributed by atoms with van der Waals surface area (Å²) < 4.78 is 14.7. The van der Waals surface area contributed by atoms with E-state index in [1.165, 1.54) is 21.1 Å². The molecule has 0 saturated heterocycles. The molecule has 0 bridgehead atoms. The number of unbranched alkanes of at least 4 members (excludes halogenated alkanes) is 3. The number of methoxy groups -OCH3 is 2. The van der Waals surface area contributed by atoms with Crippen LogP contribution < -0.4 is 0 Å². The zero-order chi connectivity index (χ0) is 21.2. The molecule has 0 N–H and O–H groups in total. The van der Waals surface area contributed by atoms with Gasteiger partial charge >= 0.3 is 17.9 Å². The number of carbonyl (C=O) groups is 3. The molecule has 1 unspecified atom stereocenters. The summed E-state index contributed by atoms with van der Waals surface area (Å²) in [4.78, 5) is 34.2. The Morgan fingerprint density at radius 3 is 2.36 bits per heavy atom. The predicted octanol–water partition coefficient (Wildman–Crippen LogP) is 4.44. The number of rotatable bonds is 14. The Bertz CT molecular complexity index is 559. The lowest BCUT2D eigenvalue weighted by Gasteiger charge is -2.12. The highest BCUT2D eigenvalue weighted by Gasteiger charge is 2.09. The second kappa shape index (κ2) is 16.8. The highest BCUT2D eigenvalue weighted by molar-refractivity contribution is 5.89. The normalized spacial score (nSPS) is 12.9. The molecule has 1 atom stereocenters. The SMILES string of the molecule is CCCCCC(/C=C/C=C(\C/C=C/CCCC(=O)OC)C(=O)OC)OC(C)=O. The minimum Gasteiger partial charge on any atom is -0.469 e. The van der Waals surface area contributed by atoms with E-state index in [4.69, 9.17) is 9.47 Å². The lowest BCUT2D eigenvalue weighted by atomic mass is 10.1. The standard InChI is InChI=1S/C22H34O6/c1-5-6-9-15-20(28-18(2)23)16-12-14-19(22(25)27-4)13-10-7-8-11-17-21(24)26-3/h7,10,12,14,16,20H,5-6,8-9,11,13,15,17H2,1-4H3/b10-7+,16-12+,19-14+. The number of carbonyl (C=O) groups excluding carboxylic acids is 3. The third kappa shape index (κ3) is 13.8. The molecule has 0 fully saturated rings. The number of ether oxygens (including phenoxy) is 3. The van der Waals surface area contributed by atoms with E-state index < -0.39 is 5.97 Å². The van der Waals surface area contributed by atoms with Crippen LogP contribution in [0.15, 0.2) is 36.0 Å². The fourth-order valence-electron chi connectivity index (χ4n) is 2.44. The zero-order valence-electron chi connectivity index (χ0n) is 17.6. The lowest BCUT2D eigenvalue weighted by Crippen LogP contribution is -2.13.